The first-order valence-corrected chi connectivity index (χ1v) is 4.33. The van der Waals surface area contributed by atoms with E-state index in [1.807, 2.05) is 4.90 Å². The summed E-state index contributed by atoms with van der Waals surface area (Å²) in [6.07, 6.45) is 4.85. The average molecular weight is 154 g/mol. The molecule has 0 radical (unpaired) electrons. The van der Waals surface area contributed by atoms with Crippen LogP contribution in [0.2, 0.25) is 0 Å². The van der Waals surface area contributed by atoms with Crippen LogP contribution in [0, 0.1) is 0 Å². The smallest absolute Gasteiger partial charge is 0.317 e. The molecule has 0 atom stereocenters. The number of amides is 2. The molecule has 0 aromatic heterocycles. The zero-order valence-corrected chi connectivity index (χ0v) is 6.84. The molecule has 2 aliphatic rings. The van der Waals surface area contributed by atoms with Crippen LogP contribution in [-0.2, 0) is 0 Å². The second kappa shape index (κ2) is 2.40. The standard InChI is InChI=1S/C8H14N2O/c1-9-8(11)10(6-2-3-6)7-4-5-7/h6-7H,2-5H2,1H3,(H,9,11). The summed E-state index contributed by atoms with van der Waals surface area (Å²) < 4.78 is 0. The van der Waals surface area contributed by atoms with E-state index in [0.717, 1.165) is 0 Å². The quantitative estimate of drug-likeness (QED) is 0.631. The molecule has 1 N–H and O–H groups in total. The number of nitrogens with zero attached hydrogens (tertiary/aromatic N) is 1. The summed E-state index contributed by atoms with van der Waals surface area (Å²) in [4.78, 5) is 13.3. The zero-order chi connectivity index (χ0) is 7.84. The summed E-state index contributed by atoms with van der Waals surface area (Å²) in [6.45, 7) is 0. The molecule has 11 heavy (non-hydrogen) atoms. The monoisotopic (exact) mass is 154 g/mol. The van der Waals surface area contributed by atoms with Gasteiger partial charge in [0.1, 0.15) is 0 Å². The third kappa shape index (κ3) is 1.32. The van der Waals surface area contributed by atoms with Crippen molar-refractivity contribution in [3.8, 4) is 0 Å². The maximum absolute atomic E-state index is 11.3. The van der Waals surface area contributed by atoms with E-state index in [1.165, 1.54) is 25.7 Å². The Bertz CT molecular complexity index is 161. The molecule has 0 saturated heterocycles. The molecule has 0 heterocycles. The first-order valence-electron chi connectivity index (χ1n) is 4.33. The predicted octanol–water partition coefficient (Wildman–Crippen LogP) is 0.953. The lowest BCUT2D eigenvalue weighted by Gasteiger charge is -2.20. The van der Waals surface area contributed by atoms with Crippen molar-refractivity contribution in [1.29, 1.82) is 0 Å². The normalized spacial score (nSPS) is 23.0. The molecule has 2 saturated carbocycles. The molecule has 2 fully saturated rings. The number of hydrogen-bond donors (Lipinski definition) is 1. The van der Waals surface area contributed by atoms with Crippen LogP contribution in [0.25, 0.3) is 0 Å². The third-order valence-corrected chi connectivity index (χ3v) is 2.33. The Kier molecular flexibility index (Phi) is 1.51. The molecule has 62 valence electrons. The molecule has 3 heteroatoms. The summed E-state index contributed by atoms with van der Waals surface area (Å²) in [7, 11) is 1.71. The Morgan fingerprint density at radius 2 is 1.73 bits per heavy atom. The lowest BCUT2D eigenvalue weighted by atomic mass is 10.5. The largest absolute Gasteiger partial charge is 0.341 e. The highest BCUT2D eigenvalue weighted by atomic mass is 16.2. The highest BCUT2D eigenvalue weighted by molar-refractivity contribution is 5.75. The highest BCUT2D eigenvalue weighted by Crippen LogP contribution is 2.36. The molecule has 0 aromatic rings. The fourth-order valence-electron chi connectivity index (χ4n) is 1.46. The van der Waals surface area contributed by atoms with Gasteiger partial charge in [-0.15, -0.1) is 0 Å². The number of urea groups is 1. The van der Waals surface area contributed by atoms with E-state index in [-0.39, 0.29) is 6.03 Å². The van der Waals surface area contributed by atoms with E-state index in [0.29, 0.717) is 12.1 Å². The molecule has 2 rings (SSSR count). The topological polar surface area (TPSA) is 32.3 Å². The van der Waals surface area contributed by atoms with Crippen molar-refractivity contribution in [3.05, 3.63) is 0 Å². The van der Waals surface area contributed by atoms with E-state index >= 15 is 0 Å². The second-order valence-corrected chi connectivity index (χ2v) is 3.42. The minimum Gasteiger partial charge on any atom is -0.341 e. The average Bonchev–Trinajstić information content (AvgIpc) is 2.81. The van der Waals surface area contributed by atoms with Crippen molar-refractivity contribution in [2.75, 3.05) is 7.05 Å². The van der Waals surface area contributed by atoms with Gasteiger partial charge in [0.15, 0.2) is 0 Å². The van der Waals surface area contributed by atoms with Crippen LogP contribution >= 0.6 is 0 Å². The summed E-state index contributed by atoms with van der Waals surface area (Å²) >= 11 is 0. The molecule has 2 amide bonds. The predicted molar refractivity (Wildman–Crippen MR) is 42.3 cm³/mol. The number of carbonyl (C=O) groups excluding carboxylic acids is 1. The number of hydrogen-bond acceptors (Lipinski definition) is 1. The van der Waals surface area contributed by atoms with E-state index in [1.54, 1.807) is 7.05 Å². The first kappa shape index (κ1) is 6.95. The van der Waals surface area contributed by atoms with Gasteiger partial charge >= 0.3 is 6.03 Å². The van der Waals surface area contributed by atoms with Gasteiger partial charge in [-0.25, -0.2) is 4.79 Å². The van der Waals surface area contributed by atoms with Gasteiger partial charge in [0.2, 0.25) is 0 Å². The molecule has 0 unspecified atom stereocenters. The fraction of sp³-hybridized carbons (Fsp3) is 0.875. The zero-order valence-electron chi connectivity index (χ0n) is 6.84. The lowest BCUT2D eigenvalue weighted by Crippen LogP contribution is -2.41. The van der Waals surface area contributed by atoms with Crippen LogP contribution in [-0.4, -0.2) is 30.1 Å². The number of rotatable bonds is 2. The molecular weight excluding hydrogens is 140 g/mol. The molecule has 0 aliphatic heterocycles. The molecule has 0 aromatic carbocycles. The van der Waals surface area contributed by atoms with Crippen LogP contribution in [0.3, 0.4) is 0 Å². The summed E-state index contributed by atoms with van der Waals surface area (Å²) in [5, 5.41) is 2.69. The van der Waals surface area contributed by atoms with Gasteiger partial charge in [-0.3, -0.25) is 0 Å². The van der Waals surface area contributed by atoms with Gasteiger partial charge < -0.3 is 10.2 Å². The van der Waals surface area contributed by atoms with Gasteiger partial charge in [0.25, 0.3) is 0 Å². The van der Waals surface area contributed by atoms with Crippen molar-refractivity contribution in [1.82, 2.24) is 10.2 Å². The fourth-order valence-corrected chi connectivity index (χ4v) is 1.46. The van der Waals surface area contributed by atoms with Gasteiger partial charge in [-0.2, -0.15) is 0 Å². The van der Waals surface area contributed by atoms with Crippen molar-refractivity contribution in [2.24, 2.45) is 0 Å². The Hall–Kier alpha value is -0.730. The van der Waals surface area contributed by atoms with E-state index in [9.17, 15) is 4.79 Å². The first-order chi connectivity index (χ1) is 5.33. The van der Waals surface area contributed by atoms with Crippen LogP contribution < -0.4 is 5.32 Å². The van der Waals surface area contributed by atoms with Crippen LogP contribution in [0.4, 0.5) is 4.79 Å². The molecule has 0 spiro atoms. The van der Waals surface area contributed by atoms with E-state index in [4.69, 9.17) is 0 Å². The van der Waals surface area contributed by atoms with Gasteiger partial charge in [-0.1, -0.05) is 0 Å². The third-order valence-electron chi connectivity index (χ3n) is 2.33. The van der Waals surface area contributed by atoms with Crippen molar-refractivity contribution < 1.29 is 4.79 Å². The Morgan fingerprint density at radius 1 is 1.27 bits per heavy atom. The van der Waals surface area contributed by atoms with Crippen molar-refractivity contribution >= 4 is 6.03 Å². The van der Waals surface area contributed by atoms with Crippen LogP contribution in [0.5, 0.6) is 0 Å². The Labute approximate surface area is 66.8 Å². The minimum absolute atomic E-state index is 0.120. The highest BCUT2D eigenvalue weighted by Gasteiger charge is 2.41. The Morgan fingerprint density at radius 3 is 2.00 bits per heavy atom. The molecule has 0 bridgehead atoms. The number of carbonyl (C=O) groups is 1. The van der Waals surface area contributed by atoms with E-state index in [2.05, 4.69) is 5.32 Å². The number of nitrogens with one attached hydrogen (secondary N) is 1. The van der Waals surface area contributed by atoms with Gasteiger partial charge in [0, 0.05) is 19.1 Å². The van der Waals surface area contributed by atoms with Gasteiger partial charge in [-0.05, 0) is 25.7 Å². The lowest BCUT2D eigenvalue weighted by molar-refractivity contribution is 0.194. The van der Waals surface area contributed by atoms with Gasteiger partial charge in [0.05, 0.1) is 0 Å². The van der Waals surface area contributed by atoms with E-state index < -0.39 is 0 Å². The van der Waals surface area contributed by atoms with Crippen LogP contribution in [0.1, 0.15) is 25.7 Å². The second-order valence-electron chi connectivity index (χ2n) is 3.42. The molecular formula is C8H14N2O. The SMILES string of the molecule is CNC(=O)N(C1CC1)C1CC1. The minimum atomic E-state index is 0.120. The summed E-state index contributed by atoms with van der Waals surface area (Å²) in [5.74, 6) is 0. The summed E-state index contributed by atoms with van der Waals surface area (Å²) in [5.41, 5.74) is 0. The Balaban J connectivity index is 1.96. The maximum atomic E-state index is 11.3. The van der Waals surface area contributed by atoms with Crippen LogP contribution in [0.15, 0.2) is 0 Å². The molecule has 2 aliphatic carbocycles. The molecule has 3 nitrogen and oxygen atoms in total. The summed E-state index contributed by atoms with van der Waals surface area (Å²) in [6, 6.07) is 1.26. The van der Waals surface area contributed by atoms with Crippen molar-refractivity contribution in [2.45, 2.75) is 37.8 Å². The maximum Gasteiger partial charge on any atom is 0.317 e. The van der Waals surface area contributed by atoms with Crippen molar-refractivity contribution in [3.63, 3.8) is 0 Å².